The van der Waals surface area contributed by atoms with Crippen molar-refractivity contribution in [3.63, 3.8) is 0 Å². The molecular weight excluding hydrogens is 635 g/mol. The summed E-state index contributed by atoms with van der Waals surface area (Å²) in [7, 11) is 0. The fraction of sp³-hybridized carbons (Fsp3) is 0.102. The molecule has 248 valence electrons. The van der Waals surface area contributed by atoms with Gasteiger partial charge in [-0.05, 0) is 125 Å². The Bertz CT molecular complexity index is 2660. The van der Waals surface area contributed by atoms with Crippen molar-refractivity contribution < 1.29 is 9.59 Å². The molecule has 0 N–H and O–H groups in total. The number of nitrogens with zero attached hydrogens (tertiary/aromatic N) is 1. The molecule has 0 fully saturated rings. The normalized spacial score (nSPS) is 14.7. The van der Waals surface area contributed by atoms with Crippen molar-refractivity contribution in [2.45, 2.75) is 33.1 Å². The van der Waals surface area contributed by atoms with Gasteiger partial charge in [0.15, 0.2) is 11.6 Å². The van der Waals surface area contributed by atoms with E-state index < -0.39 is 5.41 Å². The second-order valence-electron chi connectivity index (χ2n) is 14.7. The number of Topliss-reactive ketones (excluding diaryl/α,β-unsaturated/α-hetero) is 2. The van der Waals surface area contributed by atoms with Crippen LogP contribution in [-0.4, -0.2) is 11.6 Å². The number of anilines is 3. The number of aryl methyl sites for hydroxylation is 4. The van der Waals surface area contributed by atoms with Gasteiger partial charge >= 0.3 is 0 Å². The average molecular weight is 670 g/mol. The van der Waals surface area contributed by atoms with E-state index >= 15 is 0 Å². The number of carbonyl (C=O) groups excluding carboxylic acids is 2. The van der Waals surface area contributed by atoms with E-state index in [1.165, 1.54) is 55.8 Å². The zero-order valence-corrected chi connectivity index (χ0v) is 29.5. The molecule has 2 aliphatic carbocycles. The zero-order chi connectivity index (χ0) is 35.5. The van der Waals surface area contributed by atoms with Crippen LogP contribution >= 0.6 is 0 Å². The fourth-order valence-corrected chi connectivity index (χ4v) is 9.45. The van der Waals surface area contributed by atoms with Gasteiger partial charge in [-0.2, -0.15) is 0 Å². The van der Waals surface area contributed by atoms with Gasteiger partial charge in [0.2, 0.25) is 0 Å². The molecule has 0 aromatic heterocycles. The van der Waals surface area contributed by atoms with E-state index in [2.05, 4.69) is 130 Å². The first-order valence-electron chi connectivity index (χ1n) is 17.9. The van der Waals surface area contributed by atoms with Gasteiger partial charge in [0, 0.05) is 11.1 Å². The van der Waals surface area contributed by atoms with E-state index in [-0.39, 0.29) is 17.1 Å². The summed E-state index contributed by atoms with van der Waals surface area (Å²) in [6, 6.07) is 47.1. The minimum atomic E-state index is -0.633. The van der Waals surface area contributed by atoms with Gasteiger partial charge in [-0.3, -0.25) is 9.59 Å². The topological polar surface area (TPSA) is 37.4 Å². The number of hydrogen-bond donors (Lipinski definition) is 0. The summed E-state index contributed by atoms with van der Waals surface area (Å²) in [5, 5.41) is 1.90. The second-order valence-corrected chi connectivity index (χ2v) is 14.7. The number of hydrogen-bond acceptors (Lipinski definition) is 3. The summed E-state index contributed by atoms with van der Waals surface area (Å²) in [6.07, 6.45) is 1.81. The predicted molar refractivity (Wildman–Crippen MR) is 212 cm³/mol. The zero-order valence-electron chi connectivity index (χ0n) is 29.5. The number of carbonyl (C=O) groups is 2. The van der Waals surface area contributed by atoms with Crippen LogP contribution in [-0.2, 0) is 5.41 Å². The van der Waals surface area contributed by atoms with Crippen molar-refractivity contribution >= 4 is 45.5 Å². The Balaban J connectivity index is 1.28. The summed E-state index contributed by atoms with van der Waals surface area (Å²) >= 11 is 0. The highest BCUT2D eigenvalue weighted by Crippen LogP contribution is 2.64. The van der Waals surface area contributed by atoms with E-state index in [0.29, 0.717) is 11.1 Å². The molecule has 1 heterocycles. The maximum absolute atomic E-state index is 14.0. The number of benzene rings is 7. The molecule has 0 saturated heterocycles. The molecule has 0 unspecified atom stereocenters. The third kappa shape index (κ3) is 4.02. The van der Waals surface area contributed by atoms with Crippen LogP contribution in [0, 0.1) is 27.7 Å². The third-order valence-electron chi connectivity index (χ3n) is 11.4. The Morgan fingerprint density at radius 3 is 1.60 bits per heavy atom. The lowest BCUT2D eigenvalue weighted by Gasteiger charge is -2.46. The quantitative estimate of drug-likeness (QED) is 0.136. The maximum atomic E-state index is 14.0. The Labute approximate surface area is 303 Å². The monoisotopic (exact) mass is 669 g/mol. The second kappa shape index (κ2) is 10.8. The van der Waals surface area contributed by atoms with Gasteiger partial charge in [-0.25, -0.2) is 0 Å². The molecule has 0 atom stereocenters. The van der Waals surface area contributed by atoms with Crippen molar-refractivity contribution in [1.29, 1.82) is 0 Å². The van der Waals surface area contributed by atoms with E-state index in [4.69, 9.17) is 0 Å². The van der Waals surface area contributed by atoms with Crippen LogP contribution in [0.15, 0.2) is 139 Å². The lowest BCUT2D eigenvalue weighted by Crippen LogP contribution is -2.36. The molecule has 0 radical (unpaired) electrons. The first kappa shape index (κ1) is 30.5. The molecule has 1 spiro atoms. The van der Waals surface area contributed by atoms with Crippen molar-refractivity contribution in [1.82, 2.24) is 0 Å². The van der Waals surface area contributed by atoms with Crippen LogP contribution in [0.3, 0.4) is 0 Å². The van der Waals surface area contributed by atoms with Crippen LogP contribution in [0.25, 0.3) is 28.0 Å². The molecule has 3 nitrogen and oxygen atoms in total. The standard InChI is InChI=1S/C49H35NO2/c1-28-17-19-44-42(23-28)49(40-15-9-7-13-35(40)36-14-8-10-16-41(36)49)43-25-32(18-20-45(43)50(44)46-30(3)21-29(2)22-31(46)4)24-39-47(51)37-26-33-11-5-6-12-34(33)27-38(37)48(39)52/h5-27H,1-4H3. The van der Waals surface area contributed by atoms with Crippen LogP contribution in [0.2, 0.25) is 0 Å². The minimum Gasteiger partial charge on any atom is -0.309 e. The van der Waals surface area contributed by atoms with Crippen molar-refractivity contribution in [3.05, 3.63) is 200 Å². The minimum absolute atomic E-state index is 0.209. The Morgan fingerprint density at radius 2 is 1.00 bits per heavy atom. The molecule has 3 heteroatoms. The molecule has 52 heavy (non-hydrogen) atoms. The van der Waals surface area contributed by atoms with Gasteiger partial charge in [0.1, 0.15) is 0 Å². The summed E-state index contributed by atoms with van der Waals surface area (Å²) in [6.45, 7) is 8.72. The largest absolute Gasteiger partial charge is 0.309 e. The smallest absolute Gasteiger partial charge is 0.197 e. The summed E-state index contributed by atoms with van der Waals surface area (Å²) < 4.78 is 0. The highest BCUT2D eigenvalue weighted by Gasteiger charge is 2.52. The molecule has 0 amide bonds. The molecule has 7 aromatic carbocycles. The molecule has 0 bridgehead atoms. The van der Waals surface area contributed by atoms with Crippen molar-refractivity contribution in [2.75, 3.05) is 4.90 Å². The van der Waals surface area contributed by atoms with Gasteiger partial charge in [0.05, 0.1) is 28.1 Å². The highest BCUT2D eigenvalue weighted by molar-refractivity contribution is 6.42. The number of fused-ring (bicyclic) bond motifs is 11. The molecular formula is C49H35NO2. The Kier molecular flexibility index (Phi) is 6.36. The molecule has 3 aliphatic rings. The molecule has 10 rings (SSSR count). The van der Waals surface area contributed by atoms with Crippen LogP contribution in [0.4, 0.5) is 17.1 Å². The lowest BCUT2D eigenvalue weighted by molar-refractivity contribution is 0.0990. The SMILES string of the molecule is Cc1cc(C)c(N2c3ccc(C)cc3C3(c4ccccc4-c4ccccc43)c3cc(C=C4C(=O)c5cc6ccccc6cc5C4=O)ccc32)c(C)c1. The lowest BCUT2D eigenvalue weighted by atomic mass is 9.64. The predicted octanol–water partition coefficient (Wildman–Crippen LogP) is 11.7. The average Bonchev–Trinajstić information content (AvgIpc) is 3.56. The van der Waals surface area contributed by atoms with Crippen molar-refractivity contribution in [3.8, 4) is 11.1 Å². The Morgan fingerprint density at radius 1 is 0.481 bits per heavy atom. The first-order chi connectivity index (χ1) is 25.3. The fourth-order valence-electron chi connectivity index (χ4n) is 9.45. The first-order valence-corrected chi connectivity index (χ1v) is 17.9. The van der Waals surface area contributed by atoms with Crippen LogP contribution in [0.1, 0.15) is 70.8 Å². The Hall–Kier alpha value is -6.32. The van der Waals surface area contributed by atoms with Crippen LogP contribution in [0.5, 0.6) is 0 Å². The summed E-state index contributed by atoms with van der Waals surface area (Å²) in [5.41, 5.74) is 16.8. The molecule has 0 saturated carbocycles. The van der Waals surface area contributed by atoms with Gasteiger partial charge in [-0.15, -0.1) is 0 Å². The van der Waals surface area contributed by atoms with Gasteiger partial charge in [0.25, 0.3) is 0 Å². The summed E-state index contributed by atoms with van der Waals surface area (Å²) in [5.74, 6) is -0.438. The summed E-state index contributed by atoms with van der Waals surface area (Å²) in [4.78, 5) is 30.4. The van der Waals surface area contributed by atoms with E-state index in [1.807, 2.05) is 42.5 Å². The third-order valence-corrected chi connectivity index (χ3v) is 11.4. The molecule has 1 aliphatic heterocycles. The maximum Gasteiger partial charge on any atom is 0.197 e. The van der Waals surface area contributed by atoms with E-state index in [9.17, 15) is 9.59 Å². The highest BCUT2D eigenvalue weighted by atomic mass is 16.2. The van der Waals surface area contributed by atoms with Crippen molar-refractivity contribution in [2.24, 2.45) is 0 Å². The molecule has 7 aromatic rings. The van der Waals surface area contributed by atoms with Gasteiger partial charge in [-0.1, -0.05) is 114 Å². The number of ketones is 2. The van der Waals surface area contributed by atoms with E-state index in [1.54, 1.807) is 0 Å². The number of rotatable bonds is 2. The van der Waals surface area contributed by atoms with E-state index in [0.717, 1.165) is 33.3 Å². The number of allylic oxidation sites excluding steroid dienone is 1. The van der Waals surface area contributed by atoms with Crippen LogP contribution < -0.4 is 4.90 Å². The van der Waals surface area contributed by atoms with Gasteiger partial charge < -0.3 is 4.90 Å².